The highest BCUT2D eigenvalue weighted by Gasteiger charge is 2.19. The van der Waals surface area contributed by atoms with Gasteiger partial charge in [-0.05, 0) is 10.1 Å². The van der Waals surface area contributed by atoms with Gasteiger partial charge in [0.15, 0.2) is 19.4 Å². The quantitative estimate of drug-likeness (QED) is 0.694. The minimum Gasteiger partial charge on any atom is -0.378 e. The number of rotatable bonds is 2. The van der Waals surface area contributed by atoms with E-state index in [4.69, 9.17) is 0 Å². The standard InChI is InChI=1S/C12H22N2Si2/c1-11(2,3)15-13-7-9-14(10-8-13)16-12(4,5)6/h7-10H,1-6H3. The first-order valence-corrected chi connectivity index (χ1v) is 7.54. The normalized spacial score (nSPS) is 17.1. The molecule has 1 aliphatic heterocycles. The third kappa shape index (κ3) is 5.56. The second-order valence-corrected chi connectivity index (χ2v) is 10.6. The third-order valence-corrected chi connectivity index (χ3v) is 4.16. The molecule has 1 heterocycles. The van der Waals surface area contributed by atoms with Gasteiger partial charge in [-0.3, -0.25) is 0 Å². The van der Waals surface area contributed by atoms with E-state index in [1.165, 1.54) is 0 Å². The van der Waals surface area contributed by atoms with E-state index in [0.29, 0.717) is 10.1 Å². The van der Waals surface area contributed by atoms with E-state index in [-0.39, 0.29) is 0 Å². The van der Waals surface area contributed by atoms with Crippen molar-refractivity contribution < 1.29 is 0 Å². The molecule has 0 N–H and O–H groups in total. The van der Waals surface area contributed by atoms with Crippen LogP contribution in [0.1, 0.15) is 41.5 Å². The Kier molecular flexibility index (Phi) is 4.07. The zero-order valence-corrected chi connectivity index (χ0v) is 13.2. The molecule has 0 aromatic carbocycles. The molecule has 0 aromatic heterocycles. The molecule has 1 aliphatic rings. The van der Waals surface area contributed by atoms with Crippen LogP contribution >= 0.6 is 0 Å². The van der Waals surface area contributed by atoms with Crippen molar-refractivity contribution in [2.24, 2.45) is 0 Å². The largest absolute Gasteiger partial charge is 0.378 e. The van der Waals surface area contributed by atoms with Crippen molar-refractivity contribution in [2.45, 2.75) is 51.6 Å². The van der Waals surface area contributed by atoms with E-state index >= 15 is 0 Å². The molecule has 0 spiro atoms. The lowest BCUT2D eigenvalue weighted by Crippen LogP contribution is -2.31. The Hall–Kier alpha value is -0.486. The van der Waals surface area contributed by atoms with Crippen LogP contribution in [0.2, 0.25) is 10.1 Å². The van der Waals surface area contributed by atoms with Gasteiger partial charge in [0.2, 0.25) is 0 Å². The van der Waals surface area contributed by atoms with E-state index in [9.17, 15) is 0 Å². The summed E-state index contributed by atoms with van der Waals surface area (Å²) in [5.41, 5.74) is 0. The molecule has 0 bridgehead atoms. The van der Waals surface area contributed by atoms with Crippen LogP contribution in [0.4, 0.5) is 0 Å². The molecule has 0 amide bonds. The van der Waals surface area contributed by atoms with Crippen LogP contribution in [-0.4, -0.2) is 28.5 Å². The van der Waals surface area contributed by atoms with Gasteiger partial charge >= 0.3 is 0 Å². The first-order chi connectivity index (χ1) is 7.16. The Labute approximate surface area is 105 Å². The highest BCUT2D eigenvalue weighted by atomic mass is 28.2. The summed E-state index contributed by atoms with van der Waals surface area (Å²) in [6.45, 7) is 13.6. The average Bonchev–Trinajstić information content (AvgIpc) is 2.03. The molecule has 4 heteroatoms. The summed E-state index contributed by atoms with van der Waals surface area (Å²) in [6, 6.07) is 0. The maximum absolute atomic E-state index is 2.28. The van der Waals surface area contributed by atoms with Crippen molar-refractivity contribution in [3.63, 3.8) is 0 Å². The van der Waals surface area contributed by atoms with Gasteiger partial charge in [-0.15, -0.1) is 0 Å². The summed E-state index contributed by atoms with van der Waals surface area (Å²) in [5, 5.41) is 0.728. The second kappa shape index (κ2) is 4.79. The molecule has 88 valence electrons. The molecule has 0 aromatic rings. The smallest absolute Gasteiger partial charge is 0.191 e. The van der Waals surface area contributed by atoms with E-state index in [1.807, 2.05) is 0 Å². The highest BCUT2D eigenvalue weighted by molar-refractivity contribution is 6.38. The van der Waals surface area contributed by atoms with Crippen molar-refractivity contribution in [2.75, 3.05) is 0 Å². The molecule has 0 unspecified atom stereocenters. The fourth-order valence-electron chi connectivity index (χ4n) is 1.31. The fourth-order valence-corrected chi connectivity index (χ4v) is 3.42. The second-order valence-electron chi connectivity index (χ2n) is 6.13. The Morgan fingerprint density at radius 1 is 0.625 bits per heavy atom. The predicted octanol–water partition coefficient (Wildman–Crippen LogP) is 3.22. The van der Waals surface area contributed by atoms with Gasteiger partial charge in [-0.2, -0.15) is 0 Å². The average molecular weight is 250 g/mol. The van der Waals surface area contributed by atoms with Gasteiger partial charge in [0.25, 0.3) is 0 Å². The molecule has 4 radical (unpaired) electrons. The van der Waals surface area contributed by atoms with Crippen LogP contribution < -0.4 is 0 Å². The maximum Gasteiger partial charge on any atom is 0.191 e. The highest BCUT2D eigenvalue weighted by Crippen LogP contribution is 2.25. The van der Waals surface area contributed by atoms with Crippen LogP contribution in [-0.2, 0) is 0 Å². The molecule has 0 saturated carbocycles. The van der Waals surface area contributed by atoms with Crippen molar-refractivity contribution in [3.8, 4) is 0 Å². The summed E-state index contributed by atoms with van der Waals surface area (Å²) in [5.74, 6) is 0. The van der Waals surface area contributed by atoms with Gasteiger partial charge in [-0.1, -0.05) is 41.5 Å². The van der Waals surface area contributed by atoms with Crippen LogP contribution in [0, 0.1) is 0 Å². The minimum atomic E-state index is 0.364. The van der Waals surface area contributed by atoms with E-state index in [0.717, 1.165) is 19.4 Å². The SMILES string of the molecule is CC(C)(C)[Si]N1C=CN([Si]C(C)(C)C)C=C1. The molecule has 0 atom stereocenters. The Balaban J connectivity index is 2.47. The molecule has 0 aliphatic carbocycles. The lowest BCUT2D eigenvalue weighted by Gasteiger charge is -2.31. The molecular weight excluding hydrogens is 228 g/mol. The molecule has 0 saturated heterocycles. The van der Waals surface area contributed by atoms with Crippen LogP contribution in [0.25, 0.3) is 0 Å². The minimum absolute atomic E-state index is 0.364. The van der Waals surface area contributed by atoms with Crippen molar-refractivity contribution in [1.29, 1.82) is 0 Å². The lowest BCUT2D eigenvalue weighted by molar-refractivity contribution is 0.611. The summed E-state index contributed by atoms with van der Waals surface area (Å²) >= 11 is 0. The summed E-state index contributed by atoms with van der Waals surface area (Å²) in [7, 11) is 1.61. The van der Waals surface area contributed by atoms with Crippen molar-refractivity contribution >= 4 is 19.4 Å². The zero-order chi connectivity index (χ0) is 12.4. The van der Waals surface area contributed by atoms with Gasteiger partial charge < -0.3 is 9.13 Å². The van der Waals surface area contributed by atoms with Gasteiger partial charge in [0, 0.05) is 24.8 Å². The Morgan fingerprint density at radius 3 is 1.06 bits per heavy atom. The van der Waals surface area contributed by atoms with Crippen molar-refractivity contribution in [1.82, 2.24) is 9.13 Å². The number of nitrogens with zero attached hydrogens (tertiary/aromatic N) is 2. The monoisotopic (exact) mass is 250 g/mol. The molecule has 2 nitrogen and oxygen atoms in total. The zero-order valence-electron chi connectivity index (χ0n) is 11.2. The van der Waals surface area contributed by atoms with Crippen LogP contribution in [0.3, 0.4) is 0 Å². The number of hydrogen-bond donors (Lipinski definition) is 0. The summed E-state index contributed by atoms with van der Waals surface area (Å²) in [4.78, 5) is 0. The van der Waals surface area contributed by atoms with Gasteiger partial charge in [0.1, 0.15) is 0 Å². The molecular formula is C12H22N2Si2. The first-order valence-electron chi connectivity index (χ1n) is 5.65. The van der Waals surface area contributed by atoms with E-state index in [1.54, 1.807) is 0 Å². The van der Waals surface area contributed by atoms with Gasteiger partial charge in [-0.25, -0.2) is 0 Å². The Morgan fingerprint density at radius 2 is 0.875 bits per heavy atom. The lowest BCUT2D eigenvalue weighted by atomic mass is 10.3. The van der Waals surface area contributed by atoms with E-state index < -0.39 is 0 Å². The Bertz CT molecular complexity index is 242. The first kappa shape index (κ1) is 13.6. The molecule has 0 fully saturated rings. The number of hydrogen-bond acceptors (Lipinski definition) is 2. The van der Waals surface area contributed by atoms with Crippen LogP contribution in [0.5, 0.6) is 0 Å². The van der Waals surface area contributed by atoms with Crippen LogP contribution in [0.15, 0.2) is 24.8 Å². The molecule has 16 heavy (non-hydrogen) atoms. The topological polar surface area (TPSA) is 6.48 Å². The van der Waals surface area contributed by atoms with E-state index in [2.05, 4.69) is 75.5 Å². The fraction of sp³-hybridized carbons (Fsp3) is 0.667. The predicted molar refractivity (Wildman–Crippen MR) is 72.9 cm³/mol. The third-order valence-electron chi connectivity index (χ3n) is 1.70. The maximum atomic E-state index is 2.28. The molecule has 1 rings (SSSR count). The van der Waals surface area contributed by atoms with Crippen molar-refractivity contribution in [3.05, 3.63) is 24.8 Å². The summed E-state index contributed by atoms with van der Waals surface area (Å²) in [6.07, 6.45) is 8.73. The summed E-state index contributed by atoms with van der Waals surface area (Å²) < 4.78 is 4.56. The van der Waals surface area contributed by atoms with Gasteiger partial charge in [0.05, 0.1) is 0 Å².